The Morgan fingerprint density at radius 1 is 1.42 bits per heavy atom. The molecule has 1 spiro atoms. The molecule has 2 aliphatic rings. The second kappa shape index (κ2) is 6.22. The minimum Gasteiger partial charge on any atom is -0.380 e. The number of nitrogens with zero attached hydrogens (tertiary/aromatic N) is 1. The molecule has 2 aliphatic heterocycles. The topological polar surface area (TPSA) is 41.6 Å². The Hall–Kier alpha value is -1.85. The van der Waals surface area contributed by atoms with Crippen LogP contribution in [-0.2, 0) is 4.74 Å². The number of thiophene rings is 1. The first-order chi connectivity index (χ1) is 11.6. The molecule has 4 nitrogen and oxygen atoms in total. The van der Waals surface area contributed by atoms with Crippen molar-refractivity contribution in [2.45, 2.75) is 31.4 Å². The third-order valence-electron chi connectivity index (χ3n) is 4.97. The highest BCUT2D eigenvalue weighted by atomic mass is 32.1. The first-order valence-corrected chi connectivity index (χ1v) is 9.37. The van der Waals surface area contributed by atoms with Gasteiger partial charge in [0.15, 0.2) is 0 Å². The number of carbonyl (C=O) groups excluding carboxylic acids is 1. The zero-order chi connectivity index (χ0) is 16.6. The van der Waals surface area contributed by atoms with E-state index >= 15 is 0 Å². The van der Waals surface area contributed by atoms with Gasteiger partial charge in [-0.2, -0.15) is 11.3 Å². The summed E-state index contributed by atoms with van der Waals surface area (Å²) in [5.74, 6) is 0.131. The minimum absolute atomic E-state index is 0.131. The van der Waals surface area contributed by atoms with Crippen molar-refractivity contribution in [3.8, 4) is 0 Å². The molecule has 0 aliphatic carbocycles. The predicted molar refractivity (Wildman–Crippen MR) is 96.7 cm³/mol. The van der Waals surface area contributed by atoms with Crippen LogP contribution in [0.4, 0.5) is 5.69 Å². The number of benzene rings is 1. The number of ether oxygens (including phenoxy) is 1. The van der Waals surface area contributed by atoms with Gasteiger partial charge in [-0.25, -0.2) is 0 Å². The van der Waals surface area contributed by atoms with Crippen LogP contribution in [-0.4, -0.2) is 42.1 Å². The molecule has 3 heterocycles. The molecule has 4 rings (SSSR count). The fourth-order valence-electron chi connectivity index (χ4n) is 3.78. The van der Waals surface area contributed by atoms with Crippen molar-refractivity contribution in [2.24, 2.45) is 0 Å². The number of nitrogens with one attached hydrogen (secondary N) is 1. The maximum absolute atomic E-state index is 12.5. The average Bonchev–Trinajstić information content (AvgIpc) is 3.30. The molecule has 0 bridgehead atoms. The van der Waals surface area contributed by atoms with Gasteiger partial charge in [-0.3, -0.25) is 4.79 Å². The summed E-state index contributed by atoms with van der Waals surface area (Å²) in [7, 11) is 0. The van der Waals surface area contributed by atoms with Crippen molar-refractivity contribution in [1.29, 1.82) is 0 Å². The lowest BCUT2D eigenvalue weighted by Crippen LogP contribution is -2.36. The minimum atomic E-state index is -0.173. The van der Waals surface area contributed by atoms with Crippen LogP contribution in [0.15, 0.2) is 41.1 Å². The molecule has 0 radical (unpaired) electrons. The maximum Gasteiger partial charge on any atom is 0.254 e. The summed E-state index contributed by atoms with van der Waals surface area (Å²) in [6.45, 7) is 4.29. The quantitative estimate of drug-likeness (QED) is 0.927. The highest BCUT2D eigenvalue weighted by Gasteiger charge is 2.46. The van der Waals surface area contributed by atoms with Gasteiger partial charge in [-0.05, 0) is 42.5 Å². The Morgan fingerprint density at radius 2 is 2.33 bits per heavy atom. The first kappa shape index (κ1) is 15.7. The van der Waals surface area contributed by atoms with Crippen LogP contribution in [0.25, 0.3) is 0 Å². The van der Waals surface area contributed by atoms with Gasteiger partial charge in [0.2, 0.25) is 0 Å². The van der Waals surface area contributed by atoms with Crippen molar-refractivity contribution < 1.29 is 9.53 Å². The summed E-state index contributed by atoms with van der Waals surface area (Å²) in [6.07, 6.45) is 1.88. The molecule has 2 fully saturated rings. The molecule has 0 unspecified atom stereocenters. The van der Waals surface area contributed by atoms with Crippen LogP contribution >= 0.6 is 11.3 Å². The van der Waals surface area contributed by atoms with Crippen molar-refractivity contribution in [3.05, 3.63) is 52.2 Å². The Morgan fingerprint density at radius 3 is 3.12 bits per heavy atom. The SMILES string of the molecule is Cc1cccc(N[C@@H]2CO[C@]3(CCN(C(=O)c4ccsc4)C3)C2)c1. The zero-order valence-corrected chi connectivity index (χ0v) is 14.6. The third-order valence-corrected chi connectivity index (χ3v) is 5.65. The fourth-order valence-corrected chi connectivity index (χ4v) is 4.41. The molecule has 0 saturated carbocycles. The first-order valence-electron chi connectivity index (χ1n) is 8.42. The van der Waals surface area contributed by atoms with E-state index in [0.29, 0.717) is 19.2 Å². The molecule has 1 N–H and O–H groups in total. The Kier molecular flexibility index (Phi) is 4.06. The highest BCUT2D eigenvalue weighted by molar-refractivity contribution is 7.08. The summed E-state index contributed by atoms with van der Waals surface area (Å²) in [5.41, 5.74) is 3.02. The van der Waals surface area contributed by atoms with Crippen LogP contribution in [0.2, 0.25) is 0 Å². The van der Waals surface area contributed by atoms with Gasteiger partial charge < -0.3 is 15.0 Å². The Bertz CT molecular complexity index is 731. The lowest BCUT2D eigenvalue weighted by molar-refractivity contribution is 0.0125. The number of hydrogen-bond acceptors (Lipinski definition) is 4. The summed E-state index contributed by atoms with van der Waals surface area (Å²) in [4.78, 5) is 14.5. The average molecular weight is 342 g/mol. The van der Waals surface area contributed by atoms with E-state index in [9.17, 15) is 4.79 Å². The van der Waals surface area contributed by atoms with E-state index in [2.05, 4.69) is 36.5 Å². The van der Waals surface area contributed by atoms with E-state index in [4.69, 9.17) is 4.74 Å². The Labute approximate surface area is 146 Å². The number of hydrogen-bond donors (Lipinski definition) is 1. The number of aryl methyl sites for hydroxylation is 1. The molecule has 24 heavy (non-hydrogen) atoms. The standard InChI is InChI=1S/C19H22N2O2S/c1-14-3-2-4-16(9-14)20-17-10-19(23-11-17)6-7-21(13-19)18(22)15-5-8-24-12-15/h2-5,8-9,12,17,20H,6-7,10-11,13H2,1H3/t17-,19+/m0/s1. The summed E-state index contributed by atoms with van der Waals surface area (Å²) >= 11 is 1.56. The summed E-state index contributed by atoms with van der Waals surface area (Å²) < 4.78 is 6.16. The molecular weight excluding hydrogens is 320 g/mol. The molecule has 1 aromatic carbocycles. The van der Waals surface area contributed by atoms with Gasteiger partial charge in [-0.1, -0.05) is 12.1 Å². The van der Waals surface area contributed by atoms with Crippen molar-refractivity contribution in [1.82, 2.24) is 4.90 Å². The van der Waals surface area contributed by atoms with Gasteiger partial charge in [0.1, 0.15) is 0 Å². The molecule has 1 aromatic heterocycles. The number of likely N-dealkylation sites (tertiary alicyclic amines) is 1. The van der Waals surface area contributed by atoms with Crippen LogP contribution in [0, 0.1) is 6.92 Å². The number of carbonyl (C=O) groups is 1. The monoisotopic (exact) mass is 342 g/mol. The largest absolute Gasteiger partial charge is 0.380 e. The predicted octanol–water partition coefficient (Wildman–Crippen LogP) is 3.54. The number of rotatable bonds is 3. The van der Waals surface area contributed by atoms with Gasteiger partial charge in [0, 0.05) is 24.0 Å². The molecule has 2 saturated heterocycles. The van der Waals surface area contributed by atoms with Gasteiger partial charge in [-0.15, -0.1) is 0 Å². The number of amides is 1. The third kappa shape index (κ3) is 3.06. The van der Waals surface area contributed by atoms with Crippen molar-refractivity contribution in [3.63, 3.8) is 0 Å². The van der Waals surface area contributed by atoms with Crippen molar-refractivity contribution >= 4 is 22.9 Å². The summed E-state index contributed by atoms with van der Waals surface area (Å²) in [5, 5.41) is 7.45. The van der Waals surface area contributed by atoms with E-state index < -0.39 is 0 Å². The van der Waals surface area contributed by atoms with E-state index in [1.165, 1.54) is 5.56 Å². The van der Waals surface area contributed by atoms with Gasteiger partial charge >= 0.3 is 0 Å². The summed E-state index contributed by atoms with van der Waals surface area (Å²) in [6, 6.07) is 10.6. The lowest BCUT2D eigenvalue weighted by Gasteiger charge is -2.23. The van der Waals surface area contributed by atoms with Gasteiger partial charge in [0.05, 0.1) is 30.4 Å². The molecule has 1 amide bonds. The highest BCUT2D eigenvalue weighted by Crippen LogP contribution is 2.36. The smallest absolute Gasteiger partial charge is 0.254 e. The van der Waals surface area contributed by atoms with Crippen LogP contribution < -0.4 is 5.32 Å². The van der Waals surface area contributed by atoms with E-state index in [1.54, 1.807) is 11.3 Å². The second-order valence-electron chi connectivity index (χ2n) is 6.90. The molecule has 5 heteroatoms. The van der Waals surface area contributed by atoms with Crippen molar-refractivity contribution in [2.75, 3.05) is 25.0 Å². The molecular formula is C19H22N2O2S. The van der Waals surface area contributed by atoms with Crippen LogP contribution in [0.5, 0.6) is 0 Å². The van der Waals surface area contributed by atoms with Gasteiger partial charge in [0.25, 0.3) is 5.91 Å². The lowest BCUT2D eigenvalue weighted by atomic mass is 9.97. The molecule has 2 aromatic rings. The van der Waals surface area contributed by atoms with E-state index in [-0.39, 0.29) is 11.5 Å². The zero-order valence-electron chi connectivity index (χ0n) is 13.8. The second-order valence-corrected chi connectivity index (χ2v) is 7.68. The fraction of sp³-hybridized carbons (Fsp3) is 0.421. The normalized spacial score (nSPS) is 26.2. The number of anilines is 1. The van der Waals surface area contributed by atoms with Crippen LogP contribution in [0.1, 0.15) is 28.8 Å². The van der Waals surface area contributed by atoms with E-state index in [0.717, 1.165) is 30.6 Å². The van der Waals surface area contributed by atoms with Crippen LogP contribution in [0.3, 0.4) is 0 Å². The Balaban J connectivity index is 1.39. The molecule has 2 atom stereocenters. The maximum atomic E-state index is 12.5. The van der Waals surface area contributed by atoms with E-state index in [1.807, 2.05) is 21.7 Å². The molecule has 126 valence electrons.